The fourth-order valence-corrected chi connectivity index (χ4v) is 2.66. The Bertz CT molecular complexity index is 1020. The predicted octanol–water partition coefficient (Wildman–Crippen LogP) is 1.87. The number of amides is 1. The number of nitrogens with one attached hydrogen (secondary N) is 1. The van der Waals surface area contributed by atoms with Crippen molar-refractivity contribution in [3.8, 4) is 22.9 Å². The number of benzene rings is 2. The predicted molar refractivity (Wildman–Crippen MR) is 96.6 cm³/mol. The van der Waals surface area contributed by atoms with Crippen molar-refractivity contribution in [2.24, 2.45) is 5.10 Å². The van der Waals surface area contributed by atoms with E-state index in [0.717, 1.165) is 0 Å². The van der Waals surface area contributed by atoms with Gasteiger partial charge in [0.1, 0.15) is 6.54 Å². The number of ether oxygens (including phenoxy) is 2. The highest BCUT2D eigenvalue weighted by atomic mass is 35.5. The number of hydrogen-bond acceptors (Lipinski definition) is 7. The number of carbonyl (C=O) groups is 1. The van der Waals surface area contributed by atoms with Gasteiger partial charge in [-0.2, -0.15) is 5.10 Å². The molecule has 0 atom stereocenters. The molecule has 4 rings (SSSR count). The van der Waals surface area contributed by atoms with Gasteiger partial charge in [-0.3, -0.25) is 4.79 Å². The van der Waals surface area contributed by atoms with Crippen LogP contribution in [-0.2, 0) is 11.3 Å². The van der Waals surface area contributed by atoms with Crippen molar-refractivity contribution in [3.63, 3.8) is 0 Å². The molecule has 0 aliphatic carbocycles. The summed E-state index contributed by atoms with van der Waals surface area (Å²) in [6.07, 6.45) is 1.47. The fourth-order valence-electron chi connectivity index (χ4n) is 2.48. The zero-order valence-electron chi connectivity index (χ0n) is 13.9. The van der Waals surface area contributed by atoms with Crippen molar-refractivity contribution >= 4 is 23.7 Å². The molecule has 1 aromatic heterocycles. The maximum absolute atomic E-state index is 12.1. The molecule has 0 saturated carbocycles. The van der Waals surface area contributed by atoms with Crippen LogP contribution in [0.1, 0.15) is 5.56 Å². The molecule has 136 valence electrons. The third kappa shape index (κ3) is 3.72. The van der Waals surface area contributed by atoms with Crippen molar-refractivity contribution in [3.05, 3.63) is 53.1 Å². The Morgan fingerprint density at radius 1 is 1.26 bits per heavy atom. The minimum absolute atomic E-state index is 0.101. The smallest absolute Gasteiger partial charge is 0.261 e. The zero-order chi connectivity index (χ0) is 18.6. The van der Waals surface area contributed by atoms with Gasteiger partial charge >= 0.3 is 0 Å². The van der Waals surface area contributed by atoms with Crippen LogP contribution in [0.3, 0.4) is 0 Å². The molecule has 0 spiro atoms. The molecule has 1 aliphatic rings. The van der Waals surface area contributed by atoms with Crippen LogP contribution < -0.4 is 14.9 Å². The average molecular weight is 385 g/mol. The molecular formula is C17H13ClN6O3. The number of fused-ring (bicyclic) bond motifs is 1. The molecule has 27 heavy (non-hydrogen) atoms. The first-order valence-electron chi connectivity index (χ1n) is 7.93. The lowest BCUT2D eigenvalue weighted by Crippen LogP contribution is -2.24. The molecule has 2 heterocycles. The molecule has 1 N–H and O–H groups in total. The maximum Gasteiger partial charge on any atom is 0.261 e. The van der Waals surface area contributed by atoms with Gasteiger partial charge in [-0.25, -0.2) is 10.1 Å². The number of halogens is 1. The Morgan fingerprint density at radius 3 is 3.00 bits per heavy atom. The summed E-state index contributed by atoms with van der Waals surface area (Å²) in [6, 6.07) is 12.5. The zero-order valence-corrected chi connectivity index (χ0v) is 14.6. The van der Waals surface area contributed by atoms with Crippen LogP contribution in [0.15, 0.2) is 47.6 Å². The largest absolute Gasteiger partial charge is 0.454 e. The molecule has 0 bridgehead atoms. The maximum atomic E-state index is 12.1. The summed E-state index contributed by atoms with van der Waals surface area (Å²) < 4.78 is 12.0. The average Bonchev–Trinajstić information content (AvgIpc) is 3.31. The van der Waals surface area contributed by atoms with E-state index in [2.05, 4.69) is 26.1 Å². The number of tetrazole rings is 1. The van der Waals surface area contributed by atoms with Gasteiger partial charge in [0, 0.05) is 16.1 Å². The third-order valence-corrected chi connectivity index (χ3v) is 4.10. The lowest BCUT2D eigenvalue weighted by atomic mass is 10.2. The van der Waals surface area contributed by atoms with Gasteiger partial charge in [0.15, 0.2) is 17.3 Å². The van der Waals surface area contributed by atoms with E-state index in [1.807, 2.05) is 12.1 Å². The van der Waals surface area contributed by atoms with Crippen molar-refractivity contribution in [1.82, 2.24) is 25.6 Å². The minimum Gasteiger partial charge on any atom is -0.454 e. The van der Waals surface area contributed by atoms with Gasteiger partial charge in [0.05, 0.1) is 6.21 Å². The first-order valence-corrected chi connectivity index (χ1v) is 8.31. The third-order valence-electron chi connectivity index (χ3n) is 3.75. The van der Waals surface area contributed by atoms with E-state index in [1.54, 1.807) is 30.3 Å². The fraction of sp³-hybridized carbons (Fsp3) is 0.118. The van der Waals surface area contributed by atoms with E-state index in [1.165, 1.54) is 10.9 Å². The first kappa shape index (κ1) is 17.0. The topological polar surface area (TPSA) is 104 Å². The SMILES string of the molecule is O=C(Cn1nnnc1-c1ccc2c(c1)OCO2)NN=Cc1ccccc1Cl. The van der Waals surface area contributed by atoms with Crippen LogP contribution in [0.25, 0.3) is 11.4 Å². The molecule has 0 radical (unpaired) electrons. The first-order chi connectivity index (χ1) is 13.2. The number of nitrogens with zero attached hydrogens (tertiary/aromatic N) is 5. The van der Waals surface area contributed by atoms with E-state index in [0.29, 0.717) is 33.5 Å². The van der Waals surface area contributed by atoms with E-state index < -0.39 is 0 Å². The monoisotopic (exact) mass is 384 g/mol. The second kappa shape index (κ2) is 7.42. The summed E-state index contributed by atoms with van der Waals surface area (Å²) in [5.74, 6) is 1.31. The van der Waals surface area contributed by atoms with Crippen LogP contribution in [0.2, 0.25) is 5.02 Å². The van der Waals surface area contributed by atoms with Gasteiger partial charge in [-0.1, -0.05) is 29.8 Å². The van der Waals surface area contributed by atoms with E-state index in [4.69, 9.17) is 21.1 Å². The van der Waals surface area contributed by atoms with E-state index >= 15 is 0 Å². The summed E-state index contributed by atoms with van der Waals surface area (Å²) >= 11 is 6.03. The molecule has 1 amide bonds. The van der Waals surface area contributed by atoms with Crippen LogP contribution in [0.4, 0.5) is 0 Å². The standard InChI is InChI=1S/C17H13ClN6O3/c18-13-4-2-1-3-12(13)8-19-20-16(25)9-24-17(21-22-23-24)11-5-6-14-15(7-11)27-10-26-14/h1-8H,9-10H2,(H,20,25). The summed E-state index contributed by atoms with van der Waals surface area (Å²) in [4.78, 5) is 12.1. The van der Waals surface area contributed by atoms with Gasteiger partial charge in [-0.15, -0.1) is 5.10 Å². The van der Waals surface area contributed by atoms with Gasteiger partial charge in [0.25, 0.3) is 5.91 Å². The number of aromatic nitrogens is 4. The second-order valence-corrected chi connectivity index (χ2v) is 5.95. The Morgan fingerprint density at radius 2 is 2.11 bits per heavy atom. The molecule has 0 saturated heterocycles. The number of carbonyl (C=O) groups excluding carboxylic acids is 1. The highest BCUT2D eigenvalue weighted by Gasteiger charge is 2.17. The summed E-state index contributed by atoms with van der Waals surface area (Å²) in [6.45, 7) is 0.0756. The van der Waals surface area contributed by atoms with Crippen LogP contribution in [0, 0.1) is 0 Å². The van der Waals surface area contributed by atoms with Crippen LogP contribution >= 0.6 is 11.6 Å². The lowest BCUT2D eigenvalue weighted by molar-refractivity contribution is -0.121. The van der Waals surface area contributed by atoms with E-state index in [-0.39, 0.29) is 19.2 Å². The molecule has 0 fully saturated rings. The molecular weight excluding hydrogens is 372 g/mol. The Labute approximate surface area is 158 Å². The molecule has 10 heteroatoms. The highest BCUT2D eigenvalue weighted by molar-refractivity contribution is 6.33. The molecule has 0 unspecified atom stereocenters. The van der Waals surface area contributed by atoms with Crippen molar-refractivity contribution < 1.29 is 14.3 Å². The number of rotatable bonds is 5. The van der Waals surface area contributed by atoms with Gasteiger partial charge < -0.3 is 9.47 Å². The van der Waals surface area contributed by atoms with E-state index in [9.17, 15) is 4.79 Å². The second-order valence-electron chi connectivity index (χ2n) is 5.54. The quantitative estimate of drug-likeness (QED) is 0.532. The molecule has 3 aromatic rings. The van der Waals surface area contributed by atoms with Crippen molar-refractivity contribution in [2.45, 2.75) is 6.54 Å². The molecule has 9 nitrogen and oxygen atoms in total. The van der Waals surface area contributed by atoms with Gasteiger partial charge in [0.2, 0.25) is 6.79 Å². The summed E-state index contributed by atoms with van der Waals surface area (Å²) in [5.41, 5.74) is 3.83. The van der Waals surface area contributed by atoms with Crippen LogP contribution in [0.5, 0.6) is 11.5 Å². The normalized spacial score (nSPS) is 12.5. The number of hydrazone groups is 1. The number of hydrogen-bond donors (Lipinski definition) is 1. The van der Waals surface area contributed by atoms with Crippen LogP contribution in [-0.4, -0.2) is 39.1 Å². The lowest BCUT2D eigenvalue weighted by Gasteiger charge is -2.05. The van der Waals surface area contributed by atoms with Crippen molar-refractivity contribution in [1.29, 1.82) is 0 Å². The van der Waals surface area contributed by atoms with Crippen molar-refractivity contribution in [2.75, 3.05) is 6.79 Å². The Hall–Kier alpha value is -3.46. The molecule has 2 aromatic carbocycles. The molecule has 1 aliphatic heterocycles. The van der Waals surface area contributed by atoms with Gasteiger partial charge in [-0.05, 0) is 34.7 Å². The highest BCUT2D eigenvalue weighted by Crippen LogP contribution is 2.35. The Kier molecular flexibility index (Phi) is 4.67. The summed E-state index contributed by atoms with van der Waals surface area (Å²) in [5, 5.41) is 15.9. The Balaban J connectivity index is 1.44. The summed E-state index contributed by atoms with van der Waals surface area (Å²) in [7, 11) is 0. The minimum atomic E-state index is -0.382.